The van der Waals surface area contributed by atoms with Crippen molar-refractivity contribution >= 4 is 34.5 Å². The normalized spacial score (nSPS) is 13.4. The fraction of sp³-hybridized carbons (Fsp3) is 0.233. The average Bonchev–Trinajstić information content (AvgIpc) is 3.45. The second kappa shape index (κ2) is 12.2. The van der Waals surface area contributed by atoms with Crippen LogP contribution in [0.25, 0.3) is 22.5 Å². The molecule has 0 atom stereocenters. The van der Waals surface area contributed by atoms with Gasteiger partial charge in [-0.2, -0.15) is 22.7 Å². The topological polar surface area (TPSA) is 120 Å². The summed E-state index contributed by atoms with van der Waals surface area (Å²) in [5.41, 5.74) is -0.0965. The number of hydrogen-bond acceptors (Lipinski definition) is 6. The number of anilines is 2. The van der Waals surface area contributed by atoms with Crippen LogP contribution in [0, 0.1) is 5.82 Å². The molecule has 0 unspecified atom stereocenters. The fourth-order valence-electron chi connectivity index (χ4n) is 4.88. The number of rotatable bonds is 8. The van der Waals surface area contributed by atoms with E-state index in [9.17, 15) is 31.9 Å². The van der Waals surface area contributed by atoms with E-state index in [-0.39, 0.29) is 40.5 Å². The molecule has 228 valence electrons. The van der Waals surface area contributed by atoms with Gasteiger partial charge >= 0.3 is 6.18 Å². The highest BCUT2D eigenvalue weighted by Gasteiger charge is 2.30. The van der Waals surface area contributed by atoms with Crippen molar-refractivity contribution in [3.05, 3.63) is 94.4 Å². The minimum absolute atomic E-state index is 0.00529. The third-order valence-corrected chi connectivity index (χ3v) is 6.93. The number of alkyl halides is 3. The van der Waals surface area contributed by atoms with Crippen LogP contribution in [-0.2, 0) is 33.5 Å². The molecular formula is C30H26F4N6O4. The van der Waals surface area contributed by atoms with Crippen molar-refractivity contribution in [1.29, 1.82) is 0 Å². The number of halogens is 4. The fourth-order valence-corrected chi connectivity index (χ4v) is 4.88. The Kier molecular flexibility index (Phi) is 8.45. The zero-order valence-corrected chi connectivity index (χ0v) is 23.4. The van der Waals surface area contributed by atoms with E-state index in [1.54, 1.807) is 13.0 Å². The monoisotopic (exact) mass is 610 g/mol. The number of carbonyl (C=O) groups is 2. The van der Waals surface area contributed by atoms with Gasteiger partial charge in [0.25, 0.3) is 5.56 Å². The van der Waals surface area contributed by atoms with Crippen molar-refractivity contribution in [1.82, 2.24) is 19.2 Å². The van der Waals surface area contributed by atoms with Crippen molar-refractivity contribution in [3.8, 4) is 11.1 Å². The second-order valence-electron chi connectivity index (χ2n) is 9.77. The van der Waals surface area contributed by atoms with Gasteiger partial charge in [-0.05, 0) is 67.0 Å². The Morgan fingerprint density at radius 2 is 1.89 bits per heavy atom. The van der Waals surface area contributed by atoms with Gasteiger partial charge in [-0.3, -0.25) is 14.4 Å². The first-order chi connectivity index (χ1) is 21.0. The van der Waals surface area contributed by atoms with Crippen molar-refractivity contribution < 1.29 is 31.9 Å². The van der Waals surface area contributed by atoms with Gasteiger partial charge in [0.15, 0.2) is 5.82 Å². The van der Waals surface area contributed by atoms with Crippen LogP contribution in [0.4, 0.5) is 28.9 Å². The maximum Gasteiger partial charge on any atom is 0.416 e. The highest BCUT2D eigenvalue weighted by atomic mass is 19.4. The summed E-state index contributed by atoms with van der Waals surface area (Å²) in [5.74, 6) is -1.63. The first-order valence-corrected chi connectivity index (χ1v) is 13.5. The second-order valence-corrected chi connectivity index (χ2v) is 9.77. The number of benzene rings is 2. The molecule has 3 heterocycles. The Labute approximate surface area is 247 Å². The number of fused-ring (bicyclic) bond motifs is 1. The third-order valence-electron chi connectivity index (χ3n) is 6.93. The van der Waals surface area contributed by atoms with Crippen LogP contribution in [0.3, 0.4) is 0 Å². The molecule has 5 rings (SSSR count). The number of nitrogens with one attached hydrogen (secondary N) is 2. The summed E-state index contributed by atoms with van der Waals surface area (Å²) >= 11 is 0. The molecule has 2 aromatic carbocycles. The molecule has 0 fully saturated rings. The molecule has 4 aromatic rings. The minimum atomic E-state index is -4.54. The Hall–Kier alpha value is -5.11. The molecule has 1 aliphatic heterocycles. The lowest BCUT2D eigenvalue weighted by molar-refractivity contribution is -0.137. The van der Waals surface area contributed by atoms with Gasteiger partial charge in [0.1, 0.15) is 12.4 Å². The largest absolute Gasteiger partial charge is 0.416 e. The predicted octanol–water partition coefficient (Wildman–Crippen LogP) is 4.85. The molecule has 0 aliphatic carbocycles. The lowest BCUT2D eigenvalue weighted by Gasteiger charge is -2.19. The van der Waals surface area contributed by atoms with Gasteiger partial charge in [0.2, 0.25) is 17.6 Å². The number of nitrogens with zero attached hydrogens (tertiary/aromatic N) is 4. The van der Waals surface area contributed by atoms with E-state index < -0.39 is 41.5 Å². The van der Waals surface area contributed by atoms with Crippen LogP contribution in [0.2, 0.25) is 0 Å². The predicted molar refractivity (Wildman–Crippen MR) is 154 cm³/mol. The van der Waals surface area contributed by atoms with Gasteiger partial charge in [-0.1, -0.05) is 19.6 Å². The molecule has 0 radical (unpaired) electrons. The van der Waals surface area contributed by atoms with Crippen LogP contribution in [-0.4, -0.2) is 44.2 Å². The van der Waals surface area contributed by atoms with E-state index in [2.05, 4.69) is 27.3 Å². The van der Waals surface area contributed by atoms with Crippen LogP contribution in [0.1, 0.15) is 30.4 Å². The van der Waals surface area contributed by atoms with E-state index in [0.717, 1.165) is 52.6 Å². The van der Waals surface area contributed by atoms with Gasteiger partial charge in [0, 0.05) is 16.9 Å². The lowest BCUT2D eigenvalue weighted by Crippen LogP contribution is -2.29. The van der Waals surface area contributed by atoms with Crippen molar-refractivity contribution in [2.24, 2.45) is 0 Å². The first-order valence-electron chi connectivity index (χ1n) is 13.5. The summed E-state index contributed by atoms with van der Waals surface area (Å²) in [5, 5.41) is 9.53. The summed E-state index contributed by atoms with van der Waals surface area (Å²) in [7, 11) is 0. The number of ether oxygens (including phenoxy) is 1. The molecule has 10 nitrogen and oxygen atoms in total. The molecule has 0 saturated carbocycles. The first kappa shape index (κ1) is 30.4. The summed E-state index contributed by atoms with van der Waals surface area (Å²) < 4.78 is 61.1. The third kappa shape index (κ3) is 6.15. The molecule has 2 amide bonds. The Morgan fingerprint density at radius 3 is 2.52 bits per heavy atom. The molecule has 0 bridgehead atoms. The van der Waals surface area contributed by atoms with Gasteiger partial charge in [-0.15, -0.1) is 5.10 Å². The van der Waals surface area contributed by atoms with Crippen LogP contribution in [0.15, 0.2) is 66.0 Å². The zero-order valence-electron chi connectivity index (χ0n) is 23.4. The highest BCUT2D eigenvalue weighted by molar-refractivity contribution is 6.02. The maximum absolute atomic E-state index is 14.3. The van der Waals surface area contributed by atoms with Crippen molar-refractivity contribution in [2.75, 3.05) is 23.8 Å². The molecule has 0 saturated heterocycles. The number of hydrogen-bond donors (Lipinski definition) is 2. The molecule has 0 spiro atoms. The van der Waals surface area contributed by atoms with Crippen LogP contribution in [0.5, 0.6) is 0 Å². The Morgan fingerprint density at radius 1 is 1.14 bits per heavy atom. The zero-order chi connectivity index (χ0) is 31.6. The number of carbonyl (C=O) groups excluding carboxylic acids is 2. The van der Waals surface area contributed by atoms with Crippen LogP contribution < -0.4 is 16.2 Å². The summed E-state index contributed by atoms with van der Waals surface area (Å²) in [6.07, 6.45) is -1.07. The number of amides is 2. The standard InChI is InChI=1S/C30H26F4N6O4/c1-3-23-26(21-10-7-19(31)15-22(21)36-24(41)4-2)28(43)40-29(37-27(38-40)17-11-13-44-14-12-17)39(23)16-25(42)35-20-8-5-18(6-9-20)30(32,33)34/h4-11,15H,2-3,12-14,16H2,1H3,(H,35,42)(H,36,41). The summed E-state index contributed by atoms with van der Waals surface area (Å²) in [4.78, 5) is 44.1. The molecule has 2 N–H and O–H groups in total. The van der Waals surface area contributed by atoms with E-state index in [1.165, 1.54) is 10.6 Å². The van der Waals surface area contributed by atoms with Crippen molar-refractivity contribution in [2.45, 2.75) is 32.5 Å². The molecule has 14 heteroatoms. The summed E-state index contributed by atoms with van der Waals surface area (Å²) in [6, 6.07) is 7.48. The van der Waals surface area contributed by atoms with Gasteiger partial charge in [-0.25, -0.2) is 4.39 Å². The SMILES string of the molecule is C=CC(=O)Nc1cc(F)ccc1-c1c(CC)n(CC(=O)Nc2ccc(C(F)(F)F)cc2)c2nc(C3=CCOCC3)nn2c1=O. The highest BCUT2D eigenvalue weighted by Crippen LogP contribution is 2.32. The summed E-state index contributed by atoms with van der Waals surface area (Å²) in [6.45, 7) is 5.50. The van der Waals surface area contributed by atoms with E-state index in [1.807, 2.05) is 0 Å². The molecule has 1 aliphatic rings. The quantitative estimate of drug-likeness (QED) is 0.218. The molecule has 44 heavy (non-hydrogen) atoms. The number of aromatic nitrogens is 4. The van der Waals surface area contributed by atoms with Gasteiger partial charge < -0.3 is 19.9 Å². The smallest absolute Gasteiger partial charge is 0.377 e. The maximum atomic E-state index is 14.3. The van der Waals surface area contributed by atoms with E-state index in [0.29, 0.717) is 25.3 Å². The Balaban J connectivity index is 1.66. The lowest BCUT2D eigenvalue weighted by atomic mass is 10.0. The Bertz CT molecular complexity index is 1860. The van der Waals surface area contributed by atoms with E-state index in [4.69, 9.17) is 4.74 Å². The molecular weight excluding hydrogens is 584 g/mol. The average molecular weight is 611 g/mol. The van der Waals surface area contributed by atoms with Crippen molar-refractivity contribution in [3.63, 3.8) is 0 Å². The van der Waals surface area contributed by atoms with E-state index >= 15 is 0 Å². The molecule has 2 aromatic heterocycles. The van der Waals surface area contributed by atoms with Gasteiger partial charge in [0.05, 0.1) is 30.0 Å². The minimum Gasteiger partial charge on any atom is -0.377 e. The van der Waals surface area contributed by atoms with Crippen LogP contribution >= 0.6 is 0 Å².